The Labute approximate surface area is 160 Å². The molecule has 0 bridgehead atoms. The topological polar surface area (TPSA) is 27.7 Å². The highest BCUT2D eigenvalue weighted by Gasteiger charge is 2.36. The van der Waals surface area contributed by atoms with Crippen LogP contribution in [0.15, 0.2) is 66.7 Å². The van der Waals surface area contributed by atoms with Gasteiger partial charge in [0, 0.05) is 17.0 Å². The highest BCUT2D eigenvalue weighted by atomic mass is 31.2. The summed E-state index contributed by atoms with van der Waals surface area (Å²) in [6.07, 6.45) is 3.16. The molecular formula is C23H21O3P. The lowest BCUT2D eigenvalue weighted by atomic mass is 9.87. The summed E-state index contributed by atoms with van der Waals surface area (Å²) in [7, 11) is -1.59. The molecule has 1 aliphatic heterocycles. The quantitative estimate of drug-likeness (QED) is 0.495. The molecule has 1 heterocycles. The lowest BCUT2D eigenvalue weighted by molar-refractivity contribution is 0.378. The van der Waals surface area contributed by atoms with Crippen molar-refractivity contribution in [1.82, 2.24) is 0 Å². The van der Waals surface area contributed by atoms with Crippen LogP contribution in [0.4, 0.5) is 0 Å². The lowest BCUT2D eigenvalue weighted by Gasteiger charge is -2.28. The van der Waals surface area contributed by atoms with Gasteiger partial charge >= 0.3 is 8.60 Å². The highest BCUT2D eigenvalue weighted by molar-refractivity contribution is 7.43. The van der Waals surface area contributed by atoms with Crippen molar-refractivity contribution in [3.8, 4) is 17.2 Å². The van der Waals surface area contributed by atoms with Crippen molar-refractivity contribution in [2.75, 3.05) is 0 Å². The molecule has 0 amide bonds. The maximum atomic E-state index is 6.32. The fraction of sp³-hybridized carbons (Fsp3) is 0.217. The fourth-order valence-electron chi connectivity index (χ4n) is 4.17. The van der Waals surface area contributed by atoms with Gasteiger partial charge in [-0.25, -0.2) is 0 Å². The second-order valence-corrected chi connectivity index (χ2v) is 7.91. The molecule has 136 valence electrons. The van der Waals surface area contributed by atoms with Crippen molar-refractivity contribution in [2.24, 2.45) is 0 Å². The predicted molar refractivity (Wildman–Crippen MR) is 108 cm³/mol. The molecule has 4 heteroatoms. The van der Waals surface area contributed by atoms with Gasteiger partial charge in [-0.05, 0) is 54.7 Å². The maximum absolute atomic E-state index is 6.32. The second kappa shape index (κ2) is 6.90. The summed E-state index contributed by atoms with van der Waals surface area (Å²) in [5.74, 6) is 2.87. The van der Waals surface area contributed by atoms with Crippen LogP contribution >= 0.6 is 8.60 Å². The van der Waals surface area contributed by atoms with Crippen molar-refractivity contribution in [3.05, 3.63) is 89.0 Å². The average Bonchev–Trinajstić information content (AvgIpc) is 3.12. The van der Waals surface area contributed by atoms with Gasteiger partial charge in [-0.3, -0.25) is 0 Å². The molecule has 1 aliphatic carbocycles. The molecule has 2 unspecified atom stereocenters. The summed E-state index contributed by atoms with van der Waals surface area (Å²) in [5, 5.41) is 0. The van der Waals surface area contributed by atoms with Gasteiger partial charge in [-0.1, -0.05) is 49.4 Å². The van der Waals surface area contributed by atoms with Crippen molar-refractivity contribution in [2.45, 2.75) is 32.1 Å². The Kier molecular flexibility index (Phi) is 4.26. The molecule has 27 heavy (non-hydrogen) atoms. The summed E-state index contributed by atoms with van der Waals surface area (Å²) in [6, 6.07) is 22.4. The van der Waals surface area contributed by atoms with Gasteiger partial charge in [0.2, 0.25) is 0 Å². The lowest BCUT2D eigenvalue weighted by Crippen LogP contribution is -2.12. The van der Waals surface area contributed by atoms with Crippen LogP contribution < -0.4 is 13.6 Å². The van der Waals surface area contributed by atoms with Gasteiger partial charge in [0.05, 0.1) is 0 Å². The van der Waals surface area contributed by atoms with Crippen LogP contribution in [0.25, 0.3) is 0 Å². The van der Waals surface area contributed by atoms with E-state index in [-0.39, 0.29) is 0 Å². The van der Waals surface area contributed by atoms with E-state index in [2.05, 4.69) is 31.2 Å². The smallest absolute Gasteiger partial charge is 0.409 e. The van der Waals surface area contributed by atoms with Crippen LogP contribution in [0.1, 0.15) is 41.5 Å². The average molecular weight is 376 g/mol. The number of benzene rings is 3. The van der Waals surface area contributed by atoms with Gasteiger partial charge in [0.25, 0.3) is 0 Å². The van der Waals surface area contributed by atoms with Gasteiger partial charge in [-0.15, -0.1) is 0 Å². The molecule has 2 atom stereocenters. The van der Waals surface area contributed by atoms with Crippen LogP contribution in [-0.2, 0) is 12.8 Å². The van der Waals surface area contributed by atoms with Gasteiger partial charge in [-0.2, -0.15) is 0 Å². The zero-order chi connectivity index (χ0) is 18.2. The van der Waals surface area contributed by atoms with E-state index in [4.69, 9.17) is 13.6 Å². The molecule has 0 N–H and O–H groups in total. The molecule has 0 aromatic heterocycles. The minimum absolute atomic E-state index is 0.330. The zero-order valence-corrected chi connectivity index (χ0v) is 16.1. The number of rotatable bonds is 3. The first-order valence-corrected chi connectivity index (χ1v) is 10.6. The number of hydrogen-bond donors (Lipinski definition) is 0. The van der Waals surface area contributed by atoms with Crippen molar-refractivity contribution in [3.63, 3.8) is 0 Å². The fourth-order valence-corrected chi connectivity index (χ4v) is 5.22. The van der Waals surface area contributed by atoms with E-state index in [0.717, 1.165) is 36.5 Å². The van der Waals surface area contributed by atoms with E-state index < -0.39 is 8.60 Å². The van der Waals surface area contributed by atoms with E-state index in [1.54, 1.807) is 0 Å². The first-order valence-electron chi connectivity index (χ1n) is 9.46. The van der Waals surface area contributed by atoms with E-state index in [1.807, 2.05) is 42.5 Å². The van der Waals surface area contributed by atoms with Gasteiger partial charge < -0.3 is 13.6 Å². The third kappa shape index (κ3) is 2.96. The minimum Gasteiger partial charge on any atom is -0.409 e. The first kappa shape index (κ1) is 16.6. The molecule has 2 aliphatic rings. The standard InChI is InChI=1S/C23H21O3P/c1-2-16-8-6-12-20-22(16)19-15-14-17-9-7-13-21(23(17)19)26-27(25-20)24-18-10-4-3-5-11-18/h3-13,19H,2,14-15H2,1H3. The van der Waals surface area contributed by atoms with Crippen molar-refractivity contribution >= 4 is 8.60 Å². The molecule has 0 fully saturated rings. The molecule has 5 rings (SSSR count). The Bertz CT molecular complexity index is 971. The molecule has 0 radical (unpaired) electrons. The number of para-hydroxylation sites is 1. The SMILES string of the molecule is CCc1cccc2c1C1CCc3cccc(c31)OP(Oc1ccccc1)O2. The molecule has 0 saturated heterocycles. The Morgan fingerprint density at radius 3 is 2.41 bits per heavy atom. The summed E-state index contributed by atoms with van der Waals surface area (Å²) in [5.41, 5.74) is 5.34. The van der Waals surface area contributed by atoms with Crippen LogP contribution in [0.5, 0.6) is 17.2 Å². The van der Waals surface area contributed by atoms with E-state index in [0.29, 0.717) is 5.92 Å². The number of hydrogen-bond acceptors (Lipinski definition) is 3. The highest BCUT2D eigenvalue weighted by Crippen LogP contribution is 2.54. The van der Waals surface area contributed by atoms with Crippen molar-refractivity contribution in [1.29, 1.82) is 0 Å². The Morgan fingerprint density at radius 1 is 0.889 bits per heavy atom. The molecule has 3 nitrogen and oxygen atoms in total. The molecule has 3 aromatic rings. The Morgan fingerprint density at radius 2 is 1.63 bits per heavy atom. The van der Waals surface area contributed by atoms with Crippen LogP contribution in [-0.4, -0.2) is 0 Å². The third-order valence-corrected chi connectivity index (χ3v) is 6.41. The normalized spacial score (nSPS) is 19.7. The molecular weight excluding hydrogens is 355 g/mol. The second-order valence-electron chi connectivity index (χ2n) is 6.91. The van der Waals surface area contributed by atoms with E-state index in [1.165, 1.54) is 22.3 Å². The first-order chi connectivity index (χ1) is 13.3. The number of aryl methyl sites for hydroxylation is 2. The summed E-state index contributed by atoms with van der Waals surface area (Å²) >= 11 is 0. The Hall–Kier alpha value is -2.51. The van der Waals surface area contributed by atoms with Crippen LogP contribution in [0.3, 0.4) is 0 Å². The van der Waals surface area contributed by atoms with Gasteiger partial charge in [0.1, 0.15) is 17.2 Å². The largest absolute Gasteiger partial charge is 0.530 e. The van der Waals surface area contributed by atoms with Gasteiger partial charge in [0.15, 0.2) is 0 Å². The van der Waals surface area contributed by atoms with E-state index >= 15 is 0 Å². The Balaban J connectivity index is 1.63. The van der Waals surface area contributed by atoms with E-state index in [9.17, 15) is 0 Å². The number of fused-ring (bicyclic) bond motifs is 2. The zero-order valence-electron chi connectivity index (χ0n) is 15.2. The van der Waals surface area contributed by atoms with Crippen LogP contribution in [0.2, 0.25) is 0 Å². The summed E-state index contributed by atoms with van der Waals surface area (Å²) in [6.45, 7) is 2.20. The van der Waals surface area contributed by atoms with Crippen molar-refractivity contribution < 1.29 is 13.6 Å². The summed E-state index contributed by atoms with van der Waals surface area (Å²) < 4.78 is 18.7. The maximum Gasteiger partial charge on any atom is 0.530 e. The minimum atomic E-state index is -1.59. The predicted octanol–water partition coefficient (Wildman–Crippen LogP) is 6.40. The third-order valence-electron chi connectivity index (χ3n) is 5.36. The monoisotopic (exact) mass is 376 g/mol. The van der Waals surface area contributed by atoms with Crippen LogP contribution in [0, 0.1) is 0 Å². The molecule has 3 aromatic carbocycles. The molecule has 0 saturated carbocycles. The summed E-state index contributed by atoms with van der Waals surface area (Å²) in [4.78, 5) is 0. The molecule has 0 spiro atoms.